The van der Waals surface area contributed by atoms with Crippen LogP contribution in [0.25, 0.3) is 10.9 Å². The van der Waals surface area contributed by atoms with Crippen LogP contribution in [0.5, 0.6) is 0 Å². The predicted octanol–water partition coefficient (Wildman–Crippen LogP) is 3.13. The fourth-order valence-electron chi connectivity index (χ4n) is 3.92. The Bertz CT molecular complexity index is 782. The molecule has 2 fully saturated rings. The highest BCUT2D eigenvalue weighted by atomic mass is 16.2. The van der Waals surface area contributed by atoms with Crippen molar-refractivity contribution in [2.45, 2.75) is 31.7 Å². The third kappa shape index (κ3) is 2.69. The summed E-state index contributed by atoms with van der Waals surface area (Å²) in [4.78, 5) is 22.3. The Morgan fingerprint density at radius 1 is 1.21 bits per heavy atom. The van der Waals surface area contributed by atoms with Gasteiger partial charge in [-0.3, -0.25) is 9.78 Å². The highest BCUT2D eigenvalue weighted by molar-refractivity contribution is 6.06. The first-order valence-corrected chi connectivity index (χ1v) is 8.90. The normalized spacial score (nSPS) is 24.1. The molecule has 0 bridgehead atoms. The lowest BCUT2D eigenvalue weighted by molar-refractivity contribution is 0.0783. The van der Waals surface area contributed by atoms with Gasteiger partial charge in [0.15, 0.2) is 0 Å². The van der Waals surface area contributed by atoms with Gasteiger partial charge in [-0.05, 0) is 45.0 Å². The Kier molecular flexibility index (Phi) is 3.80. The third-order valence-corrected chi connectivity index (χ3v) is 5.49. The average Bonchev–Trinajstić information content (AvgIpc) is 3.35. The van der Waals surface area contributed by atoms with Gasteiger partial charge in [-0.15, -0.1) is 0 Å². The van der Waals surface area contributed by atoms with E-state index in [2.05, 4.69) is 32.0 Å². The molecule has 4 rings (SSSR count). The topological polar surface area (TPSA) is 36.4 Å². The summed E-state index contributed by atoms with van der Waals surface area (Å²) in [6, 6.07) is 10.5. The number of benzene rings is 1. The van der Waals surface area contributed by atoms with Gasteiger partial charge in [0.05, 0.1) is 11.1 Å². The first kappa shape index (κ1) is 15.6. The molecule has 0 radical (unpaired) electrons. The predicted molar refractivity (Wildman–Crippen MR) is 96.3 cm³/mol. The zero-order valence-corrected chi connectivity index (χ0v) is 14.7. The summed E-state index contributed by atoms with van der Waals surface area (Å²) in [6.07, 6.45) is 2.39. The Morgan fingerprint density at radius 3 is 2.62 bits per heavy atom. The number of rotatable bonds is 3. The minimum Gasteiger partial charge on any atom is -0.337 e. The maximum Gasteiger partial charge on any atom is 0.254 e. The van der Waals surface area contributed by atoms with Gasteiger partial charge < -0.3 is 9.80 Å². The molecular weight excluding hydrogens is 298 g/mol. The molecule has 2 aromatic rings. The van der Waals surface area contributed by atoms with Crippen molar-refractivity contribution in [1.82, 2.24) is 14.8 Å². The highest BCUT2D eigenvalue weighted by Gasteiger charge is 2.35. The van der Waals surface area contributed by atoms with Crippen molar-refractivity contribution in [3.8, 4) is 0 Å². The molecule has 4 nitrogen and oxygen atoms in total. The number of nitrogens with zero attached hydrogens (tertiary/aromatic N) is 3. The quantitative estimate of drug-likeness (QED) is 0.871. The number of carbonyl (C=O) groups is 1. The molecule has 1 aliphatic carbocycles. The van der Waals surface area contributed by atoms with E-state index in [1.54, 1.807) is 0 Å². The molecule has 0 spiro atoms. The van der Waals surface area contributed by atoms with Crippen molar-refractivity contribution in [3.05, 3.63) is 41.6 Å². The SMILES string of the molecule is C[C@H]1CN(C(=O)c2cc(C3CC3)nc3ccccc23)C[C@@H]1N(C)C. The van der Waals surface area contributed by atoms with Crippen LogP contribution in [0.3, 0.4) is 0 Å². The monoisotopic (exact) mass is 323 g/mol. The lowest BCUT2D eigenvalue weighted by Gasteiger charge is -2.22. The van der Waals surface area contributed by atoms with Gasteiger partial charge >= 0.3 is 0 Å². The molecule has 24 heavy (non-hydrogen) atoms. The summed E-state index contributed by atoms with van der Waals surface area (Å²) in [5, 5.41) is 0.979. The van der Waals surface area contributed by atoms with Crippen LogP contribution < -0.4 is 0 Å². The van der Waals surface area contributed by atoms with Gasteiger partial charge in [-0.1, -0.05) is 25.1 Å². The van der Waals surface area contributed by atoms with Gasteiger partial charge in [0.25, 0.3) is 5.91 Å². The van der Waals surface area contributed by atoms with Gasteiger partial charge in [0.2, 0.25) is 0 Å². The van der Waals surface area contributed by atoms with E-state index in [0.717, 1.165) is 35.2 Å². The van der Waals surface area contributed by atoms with Crippen molar-refractivity contribution in [1.29, 1.82) is 0 Å². The molecule has 1 aliphatic heterocycles. The zero-order valence-electron chi connectivity index (χ0n) is 14.7. The van der Waals surface area contributed by atoms with Gasteiger partial charge in [-0.25, -0.2) is 0 Å². The van der Waals surface area contributed by atoms with E-state index in [1.165, 1.54) is 12.8 Å². The van der Waals surface area contributed by atoms with Crippen LogP contribution in [-0.4, -0.2) is 53.9 Å². The maximum atomic E-state index is 13.2. The second-order valence-electron chi connectivity index (χ2n) is 7.60. The molecule has 0 N–H and O–H groups in total. The molecule has 2 heterocycles. The first-order valence-electron chi connectivity index (χ1n) is 8.90. The van der Waals surface area contributed by atoms with Gasteiger partial charge in [-0.2, -0.15) is 0 Å². The maximum absolute atomic E-state index is 13.2. The minimum atomic E-state index is 0.159. The van der Waals surface area contributed by atoms with Crippen molar-refractivity contribution < 1.29 is 4.79 Å². The van der Waals surface area contributed by atoms with Gasteiger partial charge in [0.1, 0.15) is 0 Å². The van der Waals surface area contributed by atoms with Crippen LogP contribution in [0, 0.1) is 5.92 Å². The first-order chi connectivity index (χ1) is 11.5. The number of amides is 1. The zero-order chi connectivity index (χ0) is 16.8. The molecule has 1 aromatic heterocycles. The van der Waals surface area contributed by atoms with E-state index in [0.29, 0.717) is 17.9 Å². The summed E-state index contributed by atoms with van der Waals surface area (Å²) in [5.41, 5.74) is 2.87. The summed E-state index contributed by atoms with van der Waals surface area (Å²) < 4.78 is 0. The van der Waals surface area contributed by atoms with Crippen LogP contribution in [0.1, 0.15) is 41.7 Å². The van der Waals surface area contributed by atoms with Crippen molar-refractivity contribution in [2.75, 3.05) is 27.2 Å². The van der Waals surface area contributed by atoms with Crippen LogP contribution in [-0.2, 0) is 0 Å². The molecule has 1 saturated heterocycles. The van der Waals surface area contributed by atoms with Crippen molar-refractivity contribution in [3.63, 3.8) is 0 Å². The Balaban J connectivity index is 1.71. The van der Waals surface area contributed by atoms with Crippen molar-refractivity contribution in [2.24, 2.45) is 5.92 Å². The number of pyridine rings is 1. The highest BCUT2D eigenvalue weighted by Crippen LogP contribution is 2.40. The standard InChI is InChI=1S/C20H25N3O/c1-13-11-23(12-19(13)22(2)3)20(24)16-10-18(14-8-9-14)21-17-7-5-4-6-15(16)17/h4-7,10,13-14,19H,8-9,11-12H2,1-3H3/t13-,19-/m0/s1. The number of likely N-dealkylation sites (tertiary alicyclic amines) is 1. The molecule has 1 amide bonds. The van der Waals surface area contributed by atoms with Crippen LogP contribution in [0.15, 0.2) is 30.3 Å². The van der Waals surface area contributed by atoms with Crippen LogP contribution >= 0.6 is 0 Å². The number of hydrogen-bond acceptors (Lipinski definition) is 3. The molecule has 0 unspecified atom stereocenters. The Labute approximate surface area is 143 Å². The summed E-state index contributed by atoms with van der Waals surface area (Å²) >= 11 is 0. The van der Waals surface area contributed by atoms with Crippen LogP contribution in [0.4, 0.5) is 0 Å². The van der Waals surface area contributed by atoms with E-state index < -0.39 is 0 Å². The average molecular weight is 323 g/mol. The lowest BCUT2D eigenvalue weighted by Crippen LogP contribution is -2.35. The van der Waals surface area contributed by atoms with E-state index in [9.17, 15) is 4.79 Å². The second kappa shape index (κ2) is 5.85. The number of aromatic nitrogens is 1. The second-order valence-corrected chi connectivity index (χ2v) is 7.60. The molecule has 126 valence electrons. The number of para-hydroxylation sites is 1. The minimum absolute atomic E-state index is 0.159. The molecule has 4 heteroatoms. The summed E-state index contributed by atoms with van der Waals surface area (Å²) in [6.45, 7) is 3.87. The number of fused-ring (bicyclic) bond motifs is 1. The van der Waals surface area contributed by atoms with E-state index >= 15 is 0 Å². The Morgan fingerprint density at radius 2 is 1.96 bits per heavy atom. The fourth-order valence-corrected chi connectivity index (χ4v) is 3.92. The summed E-state index contributed by atoms with van der Waals surface area (Å²) in [5.74, 6) is 1.21. The molecule has 2 aliphatic rings. The van der Waals surface area contributed by atoms with E-state index in [1.807, 2.05) is 29.2 Å². The third-order valence-electron chi connectivity index (χ3n) is 5.49. The molecule has 1 aromatic carbocycles. The summed E-state index contributed by atoms with van der Waals surface area (Å²) in [7, 11) is 4.20. The smallest absolute Gasteiger partial charge is 0.254 e. The van der Waals surface area contributed by atoms with Crippen molar-refractivity contribution >= 4 is 16.8 Å². The van der Waals surface area contributed by atoms with Gasteiger partial charge in [0, 0.05) is 36.1 Å². The lowest BCUT2D eigenvalue weighted by atomic mass is 10.0. The van der Waals surface area contributed by atoms with E-state index in [4.69, 9.17) is 4.98 Å². The molecular formula is C20H25N3O. The number of carbonyl (C=O) groups excluding carboxylic acids is 1. The number of likely N-dealkylation sites (N-methyl/N-ethyl adjacent to an activating group) is 1. The molecule has 2 atom stereocenters. The van der Waals surface area contributed by atoms with E-state index in [-0.39, 0.29) is 5.91 Å². The Hall–Kier alpha value is -1.94. The largest absolute Gasteiger partial charge is 0.337 e. The fraction of sp³-hybridized carbons (Fsp3) is 0.500. The number of hydrogen-bond donors (Lipinski definition) is 0. The molecule has 1 saturated carbocycles. The van der Waals surface area contributed by atoms with Crippen LogP contribution in [0.2, 0.25) is 0 Å².